The van der Waals surface area contributed by atoms with Gasteiger partial charge in [0, 0.05) is 28.6 Å². The smallest absolute Gasteiger partial charge is 0.321 e. The Balaban J connectivity index is 2.02. The molecule has 1 unspecified atom stereocenters. The van der Waals surface area contributed by atoms with Crippen LogP contribution in [0.5, 0.6) is 0 Å². The van der Waals surface area contributed by atoms with Gasteiger partial charge in [0.1, 0.15) is 0 Å². The van der Waals surface area contributed by atoms with Crippen molar-refractivity contribution in [2.75, 3.05) is 18.0 Å². The number of unbranched alkanes of at least 4 members (excludes halogenated alkanes) is 7. The first-order valence-electron chi connectivity index (χ1n) is 13.7. The van der Waals surface area contributed by atoms with E-state index in [4.69, 9.17) is 0 Å². The molecule has 6 heteroatoms. The van der Waals surface area contributed by atoms with Crippen LogP contribution in [0, 0.1) is 0 Å². The number of benzene rings is 2. The number of carboxylic acid groups (broad SMARTS) is 1. The molecule has 0 heterocycles. The minimum atomic E-state index is -0.784. The lowest BCUT2D eigenvalue weighted by molar-refractivity contribution is -0.138. The lowest BCUT2D eigenvalue weighted by atomic mass is 9.97. The first-order valence-corrected chi connectivity index (χ1v) is 14.5. The highest BCUT2D eigenvalue weighted by Gasteiger charge is 2.17. The minimum Gasteiger partial charge on any atom is -0.481 e. The van der Waals surface area contributed by atoms with Gasteiger partial charge in [-0.2, -0.15) is 0 Å². The molecule has 0 bridgehead atoms. The quantitative estimate of drug-likeness (QED) is 0.209. The summed E-state index contributed by atoms with van der Waals surface area (Å²) >= 11 is 1.63. The average Bonchev–Trinajstić information content (AvgIpc) is 2.88. The maximum Gasteiger partial charge on any atom is 0.321 e. The van der Waals surface area contributed by atoms with Gasteiger partial charge in [0.05, 0.1) is 5.92 Å². The number of urea groups is 1. The molecule has 0 aliphatic heterocycles. The second kappa shape index (κ2) is 17.1. The number of amides is 2. The van der Waals surface area contributed by atoms with Crippen LogP contribution >= 0.6 is 11.8 Å². The van der Waals surface area contributed by atoms with Gasteiger partial charge in [0.2, 0.25) is 0 Å². The molecule has 198 valence electrons. The van der Waals surface area contributed by atoms with Crippen molar-refractivity contribution in [1.82, 2.24) is 5.32 Å². The summed E-state index contributed by atoms with van der Waals surface area (Å²) in [6.45, 7) is 7.74. The lowest BCUT2D eigenvalue weighted by Crippen LogP contribution is -2.41. The Bertz CT molecular complexity index is 899. The molecule has 5 nitrogen and oxygen atoms in total. The zero-order valence-electron chi connectivity index (χ0n) is 22.3. The van der Waals surface area contributed by atoms with Crippen molar-refractivity contribution in [3.63, 3.8) is 0 Å². The molecule has 0 saturated heterocycles. The van der Waals surface area contributed by atoms with E-state index in [-0.39, 0.29) is 6.03 Å². The summed E-state index contributed by atoms with van der Waals surface area (Å²) in [5, 5.41) is 12.5. The van der Waals surface area contributed by atoms with Crippen LogP contribution in [0.15, 0.2) is 58.3 Å². The second-order valence-electron chi connectivity index (χ2n) is 9.32. The average molecular weight is 513 g/mol. The van der Waals surface area contributed by atoms with E-state index in [1.165, 1.54) is 32.1 Å². The van der Waals surface area contributed by atoms with E-state index in [1.807, 2.05) is 48.2 Å². The van der Waals surface area contributed by atoms with E-state index >= 15 is 0 Å². The van der Waals surface area contributed by atoms with Crippen molar-refractivity contribution in [3.05, 3.63) is 54.1 Å². The van der Waals surface area contributed by atoms with Crippen LogP contribution in [0.1, 0.15) is 96.5 Å². The molecule has 2 N–H and O–H groups in total. The van der Waals surface area contributed by atoms with E-state index in [0.29, 0.717) is 6.42 Å². The molecule has 1 atom stereocenters. The number of carboxylic acids is 1. The number of carbonyl (C=O) groups is 2. The molecule has 2 aromatic carbocycles. The van der Waals surface area contributed by atoms with E-state index < -0.39 is 11.9 Å². The topological polar surface area (TPSA) is 69.6 Å². The van der Waals surface area contributed by atoms with Gasteiger partial charge in [-0.3, -0.25) is 9.69 Å². The number of nitrogens with zero attached hydrogens (tertiary/aromatic N) is 1. The molecule has 0 spiro atoms. The third-order valence-corrected chi connectivity index (χ3v) is 7.43. The van der Waals surface area contributed by atoms with E-state index in [2.05, 4.69) is 31.3 Å². The molecule has 0 saturated carbocycles. The maximum absolute atomic E-state index is 13.0. The van der Waals surface area contributed by atoms with Crippen LogP contribution in [-0.4, -0.2) is 30.2 Å². The van der Waals surface area contributed by atoms with Gasteiger partial charge in [0.25, 0.3) is 0 Å². The van der Waals surface area contributed by atoms with Crippen LogP contribution < -0.4 is 10.2 Å². The normalized spacial score (nSPS) is 11.8. The SMILES string of the molecule is CCCCCCCN(C(=O)NCCCCCC)c1ccc(Sc2ccc(C(CC)C(=O)O)cc2)cc1. The number of rotatable bonds is 17. The summed E-state index contributed by atoms with van der Waals surface area (Å²) in [6.07, 6.45) is 10.9. The first-order chi connectivity index (χ1) is 17.5. The summed E-state index contributed by atoms with van der Waals surface area (Å²) in [6, 6.07) is 15.9. The molecule has 0 fully saturated rings. The highest BCUT2D eigenvalue weighted by molar-refractivity contribution is 7.99. The number of hydrogen-bond acceptors (Lipinski definition) is 3. The Morgan fingerprint density at radius 2 is 1.36 bits per heavy atom. The van der Waals surface area contributed by atoms with Gasteiger partial charge in [-0.15, -0.1) is 0 Å². The Hall–Kier alpha value is -2.47. The third-order valence-electron chi connectivity index (χ3n) is 6.41. The number of aliphatic carboxylic acids is 1. The second-order valence-corrected chi connectivity index (χ2v) is 10.5. The van der Waals surface area contributed by atoms with Gasteiger partial charge in [-0.1, -0.05) is 89.6 Å². The molecular weight excluding hydrogens is 468 g/mol. The fraction of sp³-hybridized carbons (Fsp3) is 0.533. The summed E-state index contributed by atoms with van der Waals surface area (Å²) in [4.78, 5) is 28.4. The highest BCUT2D eigenvalue weighted by atomic mass is 32.2. The van der Waals surface area contributed by atoms with E-state index in [0.717, 1.165) is 59.8 Å². The van der Waals surface area contributed by atoms with Crippen LogP contribution in [0.4, 0.5) is 10.5 Å². The Kier molecular flexibility index (Phi) is 14.1. The monoisotopic (exact) mass is 512 g/mol. The molecule has 0 aromatic heterocycles. The van der Waals surface area contributed by atoms with Crippen molar-refractivity contribution in [2.45, 2.75) is 101 Å². The van der Waals surface area contributed by atoms with Gasteiger partial charge in [-0.05, 0) is 61.2 Å². The molecule has 0 aliphatic carbocycles. The zero-order valence-corrected chi connectivity index (χ0v) is 23.1. The van der Waals surface area contributed by atoms with Crippen molar-refractivity contribution in [3.8, 4) is 0 Å². The van der Waals surface area contributed by atoms with Crippen molar-refractivity contribution in [2.24, 2.45) is 0 Å². The summed E-state index contributed by atoms with van der Waals surface area (Å²) < 4.78 is 0. The fourth-order valence-electron chi connectivity index (χ4n) is 4.22. The van der Waals surface area contributed by atoms with Gasteiger partial charge < -0.3 is 10.4 Å². The van der Waals surface area contributed by atoms with Gasteiger partial charge >= 0.3 is 12.0 Å². The van der Waals surface area contributed by atoms with Gasteiger partial charge in [-0.25, -0.2) is 4.79 Å². The molecule has 2 amide bonds. The number of nitrogens with one attached hydrogen (secondary N) is 1. The van der Waals surface area contributed by atoms with E-state index in [1.54, 1.807) is 11.8 Å². The largest absolute Gasteiger partial charge is 0.481 e. The van der Waals surface area contributed by atoms with Crippen molar-refractivity contribution >= 4 is 29.4 Å². The molecule has 36 heavy (non-hydrogen) atoms. The van der Waals surface area contributed by atoms with Gasteiger partial charge in [0.15, 0.2) is 0 Å². The molecule has 0 aliphatic rings. The summed E-state index contributed by atoms with van der Waals surface area (Å²) in [5.41, 5.74) is 1.75. The predicted molar refractivity (Wildman–Crippen MR) is 151 cm³/mol. The van der Waals surface area contributed by atoms with Crippen molar-refractivity contribution in [1.29, 1.82) is 0 Å². The minimum absolute atomic E-state index is 0.0121. The standard InChI is InChI=1S/C30H44N2O3S/c1-4-7-9-11-13-23-32(30(35)31-22-12-10-8-5-2)25-16-20-27(21-17-25)36-26-18-14-24(15-19-26)28(6-3)29(33)34/h14-21,28H,4-13,22-23H2,1-3H3,(H,31,35)(H,33,34). The zero-order chi connectivity index (χ0) is 26.2. The highest BCUT2D eigenvalue weighted by Crippen LogP contribution is 2.31. The summed E-state index contributed by atoms with van der Waals surface area (Å²) in [7, 11) is 0. The first kappa shape index (κ1) is 29.8. The van der Waals surface area contributed by atoms with Crippen LogP contribution in [0.25, 0.3) is 0 Å². The Labute approximate surface area is 222 Å². The Morgan fingerprint density at radius 3 is 1.92 bits per heavy atom. The molecule has 2 aromatic rings. The predicted octanol–water partition coefficient (Wildman–Crippen LogP) is 8.48. The number of hydrogen-bond donors (Lipinski definition) is 2. The molecular formula is C30H44N2O3S. The van der Waals surface area contributed by atoms with Crippen LogP contribution in [0.2, 0.25) is 0 Å². The van der Waals surface area contributed by atoms with Crippen molar-refractivity contribution < 1.29 is 14.7 Å². The lowest BCUT2D eigenvalue weighted by Gasteiger charge is -2.23. The van der Waals surface area contributed by atoms with E-state index in [9.17, 15) is 14.7 Å². The maximum atomic E-state index is 13.0. The molecule has 0 radical (unpaired) electrons. The van der Waals surface area contributed by atoms with Crippen LogP contribution in [0.3, 0.4) is 0 Å². The Morgan fingerprint density at radius 1 is 0.806 bits per heavy atom. The summed E-state index contributed by atoms with van der Waals surface area (Å²) in [5.74, 6) is -1.25. The third kappa shape index (κ3) is 10.3. The number of anilines is 1. The molecule has 2 rings (SSSR count). The van der Waals surface area contributed by atoms with Crippen LogP contribution in [-0.2, 0) is 4.79 Å². The fourth-order valence-corrected chi connectivity index (χ4v) is 5.03. The number of carbonyl (C=O) groups excluding carboxylic acids is 1.